The molecule has 1 spiro atoms. The van der Waals surface area contributed by atoms with E-state index in [1.807, 2.05) is 0 Å². The zero-order valence-electron chi connectivity index (χ0n) is 13.4. The minimum Gasteiger partial charge on any atom is -0.316 e. The number of hydrogen-bond acceptors (Lipinski definition) is 2. The zero-order chi connectivity index (χ0) is 14.4. The Labute approximate surface area is 128 Å². The molecule has 4 rings (SSSR count). The van der Waals surface area contributed by atoms with E-state index in [4.69, 9.17) is 0 Å². The highest BCUT2D eigenvalue weighted by Gasteiger charge is 2.51. The molecule has 0 radical (unpaired) electrons. The Hall–Kier alpha value is -0.860. The van der Waals surface area contributed by atoms with Crippen LogP contribution >= 0.6 is 0 Å². The second kappa shape index (κ2) is 5.10. The standard InChI is InChI=1S/C19H28N2/c1-14-3-5-15(6-4-14)18-13-20-10-9-19(18)11-16-7-8-17(12-19)21(16)2/h3-6,16-18,20H,7-13H2,1-2H3. The molecule has 3 saturated heterocycles. The van der Waals surface area contributed by atoms with E-state index in [0.29, 0.717) is 11.3 Å². The number of nitrogens with one attached hydrogen (secondary N) is 1. The van der Waals surface area contributed by atoms with Crippen LogP contribution in [0.1, 0.15) is 49.1 Å². The maximum atomic E-state index is 3.67. The van der Waals surface area contributed by atoms with E-state index in [2.05, 4.69) is 48.5 Å². The molecule has 1 N–H and O–H groups in total. The molecule has 3 unspecified atom stereocenters. The number of nitrogens with zero attached hydrogens (tertiary/aromatic N) is 1. The predicted octanol–water partition coefficient (Wildman–Crippen LogP) is 3.31. The van der Waals surface area contributed by atoms with Gasteiger partial charge in [0.25, 0.3) is 0 Å². The number of piperidine rings is 2. The van der Waals surface area contributed by atoms with Gasteiger partial charge in [-0.3, -0.25) is 0 Å². The van der Waals surface area contributed by atoms with Crippen molar-refractivity contribution in [3.63, 3.8) is 0 Å². The maximum absolute atomic E-state index is 3.67. The first-order chi connectivity index (χ1) is 10.2. The Morgan fingerprint density at radius 3 is 2.43 bits per heavy atom. The second-order valence-electron chi connectivity index (χ2n) is 7.74. The third-order valence-electron chi connectivity index (χ3n) is 6.64. The molecule has 0 amide bonds. The van der Waals surface area contributed by atoms with E-state index in [1.165, 1.54) is 50.8 Å². The molecule has 2 nitrogen and oxygen atoms in total. The average molecular weight is 284 g/mol. The van der Waals surface area contributed by atoms with Gasteiger partial charge in [-0.05, 0) is 63.6 Å². The fourth-order valence-corrected chi connectivity index (χ4v) is 5.34. The molecule has 0 aliphatic carbocycles. The van der Waals surface area contributed by atoms with E-state index in [-0.39, 0.29) is 0 Å². The van der Waals surface area contributed by atoms with Crippen LogP contribution < -0.4 is 5.32 Å². The first-order valence-corrected chi connectivity index (χ1v) is 8.67. The van der Waals surface area contributed by atoms with Gasteiger partial charge in [-0.1, -0.05) is 29.8 Å². The van der Waals surface area contributed by atoms with Crippen LogP contribution in [-0.4, -0.2) is 37.1 Å². The third kappa shape index (κ3) is 2.24. The molecular weight excluding hydrogens is 256 g/mol. The first-order valence-electron chi connectivity index (χ1n) is 8.67. The number of rotatable bonds is 1. The lowest BCUT2D eigenvalue weighted by Gasteiger charge is -2.52. The van der Waals surface area contributed by atoms with Gasteiger partial charge in [-0.2, -0.15) is 0 Å². The lowest BCUT2D eigenvalue weighted by Crippen LogP contribution is -2.53. The molecule has 1 aromatic carbocycles. The van der Waals surface area contributed by atoms with Crippen molar-refractivity contribution in [2.75, 3.05) is 20.1 Å². The topological polar surface area (TPSA) is 15.3 Å². The fraction of sp³-hybridized carbons (Fsp3) is 0.684. The van der Waals surface area contributed by atoms with Crippen LogP contribution in [0.5, 0.6) is 0 Å². The number of fused-ring (bicyclic) bond motifs is 2. The molecule has 2 heteroatoms. The van der Waals surface area contributed by atoms with Crippen LogP contribution in [-0.2, 0) is 0 Å². The van der Waals surface area contributed by atoms with Crippen molar-refractivity contribution in [2.24, 2.45) is 5.41 Å². The summed E-state index contributed by atoms with van der Waals surface area (Å²) in [6.07, 6.45) is 7.06. The van der Waals surface area contributed by atoms with Crippen molar-refractivity contribution in [3.05, 3.63) is 35.4 Å². The molecule has 3 atom stereocenters. The Bertz CT molecular complexity index is 493. The van der Waals surface area contributed by atoms with Crippen LogP contribution in [0, 0.1) is 12.3 Å². The third-order valence-corrected chi connectivity index (χ3v) is 6.64. The molecule has 0 aromatic heterocycles. The minimum atomic E-state index is 0.554. The molecule has 2 bridgehead atoms. The highest BCUT2D eigenvalue weighted by molar-refractivity contribution is 5.28. The monoisotopic (exact) mass is 284 g/mol. The highest BCUT2D eigenvalue weighted by Crippen LogP contribution is 2.54. The maximum Gasteiger partial charge on any atom is 0.0101 e. The van der Waals surface area contributed by atoms with E-state index < -0.39 is 0 Å². The predicted molar refractivity (Wildman–Crippen MR) is 87.6 cm³/mol. The van der Waals surface area contributed by atoms with Crippen molar-refractivity contribution >= 4 is 0 Å². The Balaban J connectivity index is 1.67. The molecule has 3 aliphatic rings. The van der Waals surface area contributed by atoms with Gasteiger partial charge in [0.2, 0.25) is 0 Å². The molecule has 1 aromatic rings. The van der Waals surface area contributed by atoms with Gasteiger partial charge < -0.3 is 10.2 Å². The molecule has 3 aliphatic heterocycles. The largest absolute Gasteiger partial charge is 0.316 e. The van der Waals surface area contributed by atoms with Crippen molar-refractivity contribution < 1.29 is 0 Å². The SMILES string of the molecule is Cc1ccc(C2CNCCC23CC2CCC(C3)N2C)cc1. The molecular formula is C19H28N2. The van der Waals surface area contributed by atoms with Gasteiger partial charge in [-0.15, -0.1) is 0 Å². The molecule has 114 valence electrons. The smallest absolute Gasteiger partial charge is 0.0101 e. The normalized spacial score (nSPS) is 39.8. The van der Waals surface area contributed by atoms with Crippen molar-refractivity contribution in [3.8, 4) is 0 Å². The van der Waals surface area contributed by atoms with Crippen LogP contribution in [0.3, 0.4) is 0 Å². The van der Waals surface area contributed by atoms with Crippen molar-refractivity contribution in [1.82, 2.24) is 10.2 Å². The summed E-state index contributed by atoms with van der Waals surface area (Å²) in [5.41, 5.74) is 3.50. The Morgan fingerprint density at radius 1 is 1.10 bits per heavy atom. The van der Waals surface area contributed by atoms with E-state index in [1.54, 1.807) is 5.56 Å². The fourth-order valence-electron chi connectivity index (χ4n) is 5.34. The first kappa shape index (κ1) is 13.8. The van der Waals surface area contributed by atoms with Gasteiger partial charge >= 0.3 is 0 Å². The summed E-state index contributed by atoms with van der Waals surface area (Å²) in [4.78, 5) is 2.68. The Morgan fingerprint density at radius 2 is 1.76 bits per heavy atom. The lowest BCUT2D eigenvalue weighted by atomic mass is 9.61. The van der Waals surface area contributed by atoms with Gasteiger partial charge in [0, 0.05) is 24.5 Å². The number of benzene rings is 1. The van der Waals surface area contributed by atoms with Gasteiger partial charge in [-0.25, -0.2) is 0 Å². The highest BCUT2D eigenvalue weighted by atomic mass is 15.2. The number of aryl methyl sites for hydroxylation is 1. The Kier molecular flexibility index (Phi) is 3.35. The van der Waals surface area contributed by atoms with Crippen molar-refractivity contribution in [2.45, 2.75) is 57.0 Å². The molecule has 3 heterocycles. The van der Waals surface area contributed by atoms with Crippen LogP contribution in [0.15, 0.2) is 24.3 Å². The summed E-state index contributed by atoms with van der Waals surface area (Å²) < 4.78 is 0. The zero-order valence-corrected chi connectivity index (χ0v) is 13.4. The van der Waals surface area contributed by atoms with Gasteiger partial charge in [0.05, 0.1) is 0 Å². The van der Waals surface area contributed by atoms with Crippen LogP contribution in [0.4, 0.5) is 0 Å². The summed E-state index contributed by atoms with van der Waals surface area (Å²) in [5.74, 6) is 0.712. The quantitative estimate of drug-likeness (QED) is 0.851. The summed E-state index contributed by atoms with van der Waals surface area (Å²) in [7, 11) is 2.36. The molecule has 3 fully saturated rings. The van der Waals surface area contributed by atoms with Crippen molar-refractivity contribution in [1.29, 1.82) is 0 Å². The molecule has 21 heavy (non-hydrogen) atoms. The van der Waals surface area contributed by atoms with Gasteiger partial charge in [0.15, 0.2) is 0 Å². The average Bonchev–Trinajstić information content (AvgIpc) is 2.72. The van der Waals surface area contributed by atoms with Crippen LogP contribution in [0.25, 0.3) is 0 Å². The van der Waals surface area contributed by atoms with E-state index in [0.717, 1.165) is 12.1 Å². The summed E-state index contributed by atoms with van der Waals surface area (Å²) in [5, 5.41) is 3.67. The summed E-state index contributed by atoms with van der Waals surface area (Å²) >= 11 is 0. The van der Waals surface area contributed by atoms with E-state index in [9.17, 15) is 0 Å². The lowest BCUT2D eigenvalue weighted by molar-refractivity contribution is 0.0196. The second-order valence-corrected chi connectivity index (χ2v) is 7.74. The van der Waals surface area contributed by atoms with Crippen LogP contribution in [0.2, 0.25) is 0 Å². The van der Waals surface area contributed by atoms with E-state index >= 15 is 0 Å². The molecule has 0 saturated carbocycles. The van der Waals surface area contributed by atoms with Gasteiger partial charge in [0.1, 0.15) is 0 Å². The summed E-state index contributed by atoms with van der Waals surface area (Å²) in [6, 6.07) is 11.0. The summed E-state index contributed by atoms with van der Waals surface area (Å²) in [6.45, 7) is 4.58. The minimum absolute atomic E-state index is 0.554. The number of hydrogen-bond donors (Lipinski definition) is 1.